The highest BCUT2D eigenvalue weighted by Crippen LogP contribution is 2.25. The molecule has 0 bridgehead atoms. The Bertz CT molecular complexity index is 216. The van der Waals surface area contributed by atoms with E-state index < -0.39 is 0 Å². The molecule has 3 heteroatoms. The molecule has 1 unspecified atom stereocenters. The summed E-state index contributed by atoms with van der Waals surface area (Å²) < 4.78 is 0. The molecule has 1 heterocycles. The first-order chi connectivity index (χ1) is 8.29. The molecule has 0 radical (unpaired) electrons. The van der Waals surface area contributed by atoms with Gasteiger partial charge in [-0.05, 0) is 58.3 Å². The van der Waals surface area contributed by atoms with Gasteiger partial charge in [0.1, 0.15) is 0 Å². The van der Waals surface area contributed by atoms with Crippen LogP contribution in [0.1, 0.15) is 32.6 Å². The fourth-order valence-corrected chi connectivity index (χ4v) is 3.01. The van der Waals surface area contributed by atoms with Crippen LogP contribution in [0.15, 0.2) is 0 Å². The van der Waals surface area contributed by atoms with E-state index in [1.54, 1.807) is 0 Å². The topological polar surface area (TPSA) is 18.5 Å². The van der Waals surface area contributed by atoms with Crippen LogP contribution in [-0.2, 0) is 0 Å². The van der Waals surface area contributed by atoms with Gasteiger partial charge in [-0.1, -0.05) is 6.92 Å². The Morgan fingerprint density at radius 3 is 2.76 bits per heavy atom. The van der Waals surface area contributed by atoms with Crippen LogP contribution in [0.3, 0.4) is 0 Å². The third-order valence-electron chi connectivity index (χ3n) is 4.20. The lowest BCUT2D eigenvalue weighted by molar-refractivity contribution is 0.203. The SMILES string of the molecule is CCN(CCNCC1CCCN(C)C1)C1CC1. The van der Waals surface area contributed by atoms with Gasteiger partial charge in [0.25, 0.3) is 0 Å². The second-order valence-electron chi connectivity index (χ2n) is 5.83. The fraction of sp³-hybridized carbons (Fsp3) is 1.00. The molecule has 1 aliphatic carbocycles. The lowest BCUT2D eigenvalue weighted by Gasteiger charge is -2.30. The van der Waals surface area contributed by atoms with E-state index in [0.29, 0.717) is 0 Å². The molecule has 3 nitrogen and oxygen atoms in total. The van der Waals surface area contributed by atoms with Crippen LogP contribution < -0.4 is 5.32 Å². The lowest BCUT2D eigenvalue weighted by Crippen LogP contribution is -2.40. The van der Waals surface area contributed by atoms with Crippen molar-refractivity contribution in [3.05, 3.63) is 0 Å². The Balaban J connectivity index is 1.53. The molecule has 2 aliphatic rings. The molecule has 1 aliphatic heterocycles. The lowest BCUT2D eigenvalue weighted by atomic mass is 9.98. The maximum absolute atomic E-state index is 3.65. The minimum Gasteiger partial charge on any atom is -0.315 e. The molecule has 0 amide bonds. The molecular weight excluding hydrogens is 210 g/mol. The highest BCUT2D eigenvalue weighted by Gasteiger charge is 2.27. The number of hydrogen-bond donors (Lipinski definition) is 1. The zero-order chi connectivity index (χ0) is 12.1. The van der Waals surface area contributed by atoms with Crippen LogP contribution in [-0.4, -0.2) is 62.2 Å². The van der Waals surface area contributed by atoms with Gasteiger partial charge in [-0.25, -0.2) is 0 Å². The second-order valence-corrected chi connectivity index (χ2v) is 5.83. The highest BCUT2D eigenvalue weighted by molar-refractivity contribution is 4.84. The maximum Gasteiger partial charge on any atom is 0.0110 e. The zero-order valence-electron chi connectivity index (χ0n) is 11.6. The van der Waals surface area contributed by atoms with Crippen molar-refractivity contribution in [1.82, 2.24) is 15.1 Å². The largest absolute Gasteiger partial charge is 0.315 e. The molecule has 0 spiro atoms. The third-order valence-corrected chi connectivity index (χ3v) is 4.20. The van der Waals surface area contributed by atoms with Crippen molar-refractivity contribution in [3.63, 3.8) is 0 Å². The molecule has 1 saturated heterocycles. The maximum atomic E-state index is 3.65. The van der Waals surface area contributed by atoms with Crippen LogP contribution in [0.5, 0.6) is 0 Å². The van der Waals surface area contributed by atoms with Gasteiger partial charge in [0, 0.05) is 25.7 Å². The Labute approximate surface area is 107 Å². The van der Waals surface area contributed by atoms with Crippen molar-refractivity contribution in [3.8, 4) is 0 Å². The smallest absolute Gasteiger partial charge is 0.0110 e. The predicted molar refractivity (Wildman–Crippen MR) is 73.4 cm³/mol. The number of hydrogen-bond acceptors (Lipinski definition) is 3. The monoisotopic (exact) mass is 239 g/mol. The average Bonchev–Trinajstić information content (AvgIpc) is 3.13. The molecule has 1 atom stereocenters. The molecule has 2 fully saturated rings. The van der Waals surface area contributed by atoms with Crippen molar-refractivity contribution in [2.24, 2.45) is 5.92 Å². The van der Waals surface area contributed by atoms with Crippen LogP contribution in [0.25, 0.3) is 0 Å². The van der Waals surface area contributed by atoms with E-state index in [4.69, 9.17) is 0 Å². The summed E-state index contributed by atoms with van der Waals surface area (Å²) >= 11 is 0. The molecule has 0 aromatic heterocycles. The Morgan fingerprint density at radius 1 is 1.29 bits per heavy atom. The molecule has 2 rings (SSSR count). The van der Waals surface area contributed by atoms with Crippen LogP contribution in [0.4, 0.5) is 0 Å². The number of likely N-dealkylation sites (tertiary alicyclic amines) is 1. The Morgan fingerprint density at radius 2 is 2.12 bits per heavy atom. The van der Waals surface area contributed by atoms with E-state index in [2.05, 4.69) is 29.1 Å². The number of rotatable bonds is 7. The number of likely N-dealkylation sites (N-methyl/N-ethyl adjacent to an activating group) is 1. The van der Waals surface area contributed by atoms with Gasteiger partial charge >= 0.3 is 0 Å². The molecule has 1 saturated carbocycles. The number of piperidine rings is 1. The summed E-state index contributed by atoms with van der Waals surface area (Å²) in [6.45, 7) is 9.71. The molecule has 17 heavy (non-hydrogen) atoms. The molecular formula is C14H29N3. The summed E-state index contributed by atoms with van der Waals surface area (Å²) in [5, 5.41) is 3.65. The van der Waals surface area contributed by atoms with Gasteiger partial charge in [-0.3, -0.25) is 4.90 Å². The van der Waals surface area contributed by atoms with Crippen LogP contribution in [0.2, 0.25) is 0 Å². The van der Waals surface area contributed by atoms with Crippen molar-refractivity contribution in [2.45, 2.75) is 38.6 Å². The van der Waals surface area contributed by atoms with Crippen molar-refractivity contribution < 1.29 is 0 Å². The summed E-state index contributed by atoms with van der Waals surface area (Å²) in [5.41, 5.74) is 0. The quantitative estimate of drug-likeness (QED) is 0.678. The first kappa shape index (κ1) is 13.3. The summed E-state index contributed by atoms with van der Waals surface area (Å²) in [6, 6.07) is 0.919. The Kier molecular flexibility index (Phi) is 5.26. The van der Waals surface area contributed by atoms with Crippen molar-refractivity contribution >= 4 is 0 Å². The predicted octanol–water partition coefficient (Wildman–Crippen LogP) is 1.40. The molecule has 1 N–H and O–H groups in total. The van der Waals surface area contributed by atoms with Gasteiger partial charge in [-0.2, -0.15) is 0 Å². The molecule has 0 aromatic rings. The fourth-order valence-electron chi connectivity index (χ4n) is 3.01. The molecule has 0 aromatic carbocycles. The average molecular weight is 239 g/mol. The summed E-state index contributed by atoms with van der Waals surface area (Å²) in [4.78, 5) is 5.10. The second kappa shape index (κ2) is 6.72. The van der Waals surface area contributed by atoms with E-state index in [9.17, 15) is 0 Å². The Hall–Kier alpha value is -0.120. The van der Waals surface area contributed by atoms with E-state index in [1.807, 2.05) is 0 Å². The first-order valence-electron chi connectivity index (χ1n) is 7.43. The van der Waals surface area contributed by atoms with Gasteiger partial charge in [-0.15, -0.1) is 0 Å². The third kappa shape index (κ3) is 4.57. The standard InChI is InChI=1S/C14H29N3/c1-3-17(14-6-7-14)10-8-15-11-13-5-4-9-16(2)12-13/h13-15H,3-12H2,1-2H3. The number of nitrogens with zero attached hydrogens (tertiary/aromatic N) is 2. The molecule has 100 valence electrons. The van der Waals surface area contributed by atoms with E-state index in [1.165, 1.54) is 65.0 Å². The van der Waals surface area contributed by atoms with Gasteiger partial charge in [0.15, 0.2) is 0 Å². The summed E-state index contributed by atoms with van der Waals surface area (Å²) in [6.07, 6.45) is 5.66. The van der Waals surface area contributed by atoms with Gasteiger partial charge in [0.05, 0.1) is 0 Å². The summed E-state index contributed by atoms with van der Waals surface area (Å²) in [5.74, 6) is 0.879. The van der Waals surface area contributed by atoms with E-state index in [-0.39, 0.29) is 0 Å². The summed E-state index contributed by atoms with van der Waals surface area (Å²) in [7, 11) is 2.25. The van der Waals surface area contributed by atoms with Crippen LogP contribution in [0, 0.1) is 5.92 Å². The minimum absolute atomic E-state index is 0.879. The minimum atomic E-state index is 0.879. The van der Waals surface area contributed by atoms with Crippen LogP contribution >= 0.6 is 0 Å². The van der Waals surface area contributed by atoms with Crippen molar-refractivity contribution in [2.75, 3.05) is 46.3 Å². The van der Waals surface area contributed by atoms with Gasteiger partial charge < -0.3 is 10.2 Å². The van der Waals surface area contributed by atoms with Gasteiger partial charge in [0.2, 0.25) is 0 Å². The zero-order valence-corrected chi connectivity index (χ0v) is 11.6. The van der Waals surface area contributed by atoms with E-state index >= 15 is 0 Å². The number of nitrogens with one attached hydrogen (secondary N) is 1. The normalized spacial score (nSPS) is 26.6. The first-order valence-corrected chi connectivity index (χ1v) is 7.43. The van der Waals surface area contributed by atoms with E-state index in [0.717, 1.165) is 12.0 Å². The van der Waals surface area contributed by atoms with Crippen molar-refractivity contribution in [1.29, 1.82) is 0 Å². The highest BCUT2D eigenvalue weighted by atomic mass is 15.2.